The van der Waals surface area contributed by atoms with Crippen molar-refractivity contribution >= 4 is 46.8 Å². The number of ether oxygens (including phenoxy) is 2. The van der Waals surface area contributed by atoms with Gasteiger partial charge in [-0.15, -0.1) is 0 Å². The van der Waals surface area contributed by atoms with Crippen LogP contribution < -0.4 is 0 Å². The van der Waals surface area contributed by atoms with Crippen molar-refractivity contribution in [1.82, 2.24) is 33.5 Å². The number of carbonyl (C=O) groups is 2. The van der Waals surface area contributed by atoms with Gasteiger partial charge in [0.25, 0.3) is 0 Å². The summed E-state index contributed by atoms with van der Waals surface area (Å²) in [6, 6.07) is 12.3. The number of hydrogen-bond acceptors (Lipinski definition) is 8. The van der Waals surface area contributed by atoms with E-state index >= 15 is 0 Å². The van der Waals surface area contributed by atoms with Gasteiger partial charge in [-0.3, -0.25) is 0 Å². The molecule has 4 aromatic rings. The fourth-order valence-corrected chi connectivity index (χ4v) is 7.35. The molecule has 0 saturated heterocycles. The molecule has 53 heavy (non-hydrogen) atoms. The van der Waals surface area contributed by atoms with Crippen LogP contribution >= 0.6 is 23.5 Å². The largest absolute Gasteiger partial charge is 0.444 e. The number of allylic oxidation sites excluding steroid dienone is 1. The van der Waals surface area contributed by atoms with Crippen molar-refractivity contribution < 1.29 is 19.1 Å². The van der Waals surface area contributed by atoms with Crippen molar-refractivity contribution in [2.75, 3.05) is 26.2 Å². The van der Waals surface area contributed by atoms with Gasteiger partial charge in [0.05, 0.1) is 5.69 Å². The molecule has 3 aromatic heterocycles. The molecule has 0 aliphatic heterocycles. The average Bonchev–Trinajstić information content (AvgIpc) is 3.83. The normalized spacial score (nSPS) is 16.6. The van der Waals surface area contributed by atoms with Crippen LogP contribution in [-0.4, -0.2) is 83.1 Å². The van der Waals surface area contributed by atoms with Gasteiger partial charge in [0.15, 0.2) is 0 Å². The number of aromatic nitrogens is 5. The van der Waals surface area contributed by atoms with Crippen LogP contribution in [0.5, 0.6) is 0 Å². The third kappa shape index (κ3) is 11.5. The Labute approximate surface area is 323 Å². The van der Waals surface area contributed by atoms with Crippen LogP contribution in [-0.2, 0) is 9.47 Å². The maximum atomic E-state index is 13.6. The summed E-state index contributed by atoms with van der Waals surface area (Å²) in [4.78, 5) is 40.4. The summed E-state index contributed by atoms with van der Waals surface area (Å²) >= 11 is 7.89. The van der Waals surface area contributed by atoms with Gasteiger partial charge in [-0.25, -0.2) is 18.7 Å². The molecule has 11 nitrogen and oxygen atoms in total. The summed E-state index contributed by atoms with van der Waals surface area (Å²) in [6.45, 7) is 17.4. The van der Waals surface area contributed by atoms with Gasteiger partial charge in [-0.05, 0) is 123 Å². The minimum atomic E-state index is -0.633. The quantitative estimate of drug-likeness (QED) is 0.0979. The van der Waals surface area contributed by atoms with Gasteiger partial charge in [0.1, 0.15) is 16.8 Å². The number of fused-ring (bicyclic) bond motifs is 1. The van der Waals surface area contributed by atoms with Crippen molar-refractivity contribution in [3.8, 4) is 11.3 Å². The number of hydrogen-bond donors (Lipinski definition) is 0. The molecule has 0 bridgehead atoms. The first-order chi connectivity index (χ1) is 25.1. The van der Waals surface area contributed by atoms with Crippen LogP contribution in [0.25, 0.3) is 22.3 Å². The van der Waals surface area contributed by atoms with Gasteiger partial charge < -0.3 is 23.8 Å². The molecule has 1 aliphatic carbocycles. The van der Waals surface area contributed by atoms with E-state index < -0.39 is 11.2 Å². The molecule has 1 aliphatic rings. The van der Waals surface area contributed by atoms with Crippen molar-refractivity contribution in [3.63, 3.8) is 0 Å². The lowest BCUT2D eigenvalue weighted by molar-refractivity contribution is 0.0186. The second-order valence-electron chi connectivity index (χ2n) is 15.8. The zero-order chi connectivity index (χ0) is 38.3. The molecular weight excluding hydrogens is 710 g/mol. The summed E-state index contributed by atoms with van der Waals surface area (Å²) in [5.41, 5.74) is 2.52. The van der Waals surface area contributed by atoms with Crippen LogP contribution in [0.15, 0.2) is 71.5 Å². The van der Waals surface area contributed by atoms with E-state index in [1.54, 1.807) is 23.0 Å². The van der Waals surface area contributed by atoms with Crippen molar-refractivity contribution in [2.24, 2.45) is 5.92 Å². The number of benzene rings is 1. The number of rotatable bonds is 13. The highest BCUT2D eigenvalue weighted by molar-refractivity contribution is 7.97. The van der Waals surface area contributed by atoms with E-state index in [0.29, 0.717) is 32.6 Å². The van der Waals surface area contributed by atoms with E-state index in [4.69, 9.17) is 26.2 Å². The minimum absolute atomic E-state index is 0.154. The first-order valence-corrected chi connectivity index (χ1v) is 19.6. The van der Waals surface area contributed by atoms with Crippen LogP contribution in [0.1, 0.15) is 93.5 Å². The summed E-state index contributed by atoms with van der Waals surface area (Å²) in [5.74, 6) is 0.242. The Morgan fingerprint density at radius 1 is 0.981 bits per heavy atom. The lowest BCUT2D eigenvalue weighted by Crippen LogP contribution is -2.42. The van der Waals surface area contributed by atoms with Gasteiger partial charge >= 0.3 is 12.2 Å². The van der Waals surface area contributed by atoms with Crippen molar-refractivity contribution in [3.05, 3.63) is 71.9 Å². The summed E-state index contributed by atoms with van der Waals surface area (Å²) < 4.78 is 15.7. The SMILES string of the molecule is C/C=C(\C)CCN(CCCN(C[C@@H]1CC[C@H](n2cc(-c3ccn(Sc4ccccc4)n3)c3cnc(Cl)nc32)C1)C(=O)OC(C)(C)C)C(=O)OC(C)(C)C. The molecule has 13 heteroatoms. The Morgan fingerprint density at radius 3 is 2.34 bits per heavy atom. The molecule has 0 radical (unpaired) electrons. The lowest BCUT2D eigenvalue weighted by atomic mass is 10.1. The van der Waals surface area contributed by atoms with Gasteiger partial charge in [0, 0.05) is 78.6 Å². The van der Waals surface area contributed by atoms with Crippen LogP contribution in [0, 0.1) is 5.92 Å². The molecule has 1 fully saturated rings. The van der Waals surface area contributed by atoms with E-state index in [0.717, 1.165) is 52.9 Å². The molecule has 5 rings (SSSR count). The van der Waals surface area contributed by atoms with Crippen molar-refractivity contribution in [2.45, 2.75) is 110 Å². The summed E-state index contributed by atoms with van der Waals surface area (Å²) in [6.07, 6.45) is 11.3. The Kier molecular flexibility index (Phi) is 13.2. The maximum Gasteiger partial charge on any atom is 0.410 e. The first-order valence-electron chi connectivity index (χ1n) is 18.5. The smallest absolute Gasteiger partial charge is 0.410 e. The van der Waals surface area contributed by atoms with E-state index in [9.17, 15) is 9.59 Å². The average molecular weight is 764 g/mol. The monoisotopic (exact) mass is 763 g/mol. The maximum absolute atomic E-state index is 13.6. The fraction of sp³-hybridized carbons (Fsp3) is 0.525. The molecule has 286 valence electrons. The molecule has 1 saturated carbocycles. The Balaban J connectivity index is 1.30. The van der Waals surface area contributed by atoms with Gasteiger partial charge in [-0.2, -0.15) is 10.1 Å². The Hall–Kier alpha value is -4.03. The fourth-order valence-electron chi connectivity index (χ4n) is 6.47. The first kappa shape index (κ1) is 40.2. The Bertz CT molecular complexity index is 1880. The van der Waals surface area contributed by atoms with Gasteiger partial charge in [0.2, 0.25) is 5.28 Å². The van der Waals surface area contributed by atoms with E-state index in [-0.39, 0.29) is 29.4 Å². The number of carbonyl (C=O) groups excluding carboxylic acids is 2. The minimum Gasteiger partial charge on any atom is -0.444 e. The zero-order valence-electron chi connectivity index (χ0n) is 32.3. The second kappa shape index (κ2) is 17.4. The zero-order valence-corrected chi connectivity index (χ0v) is 33.9. The van der Waals surface area contributed by atoms with Crippen LogP contribution in [0.2, 0.25) is 5.28 Å². The molecule has 2 atom stereocenters. The van der Waals surface area contributed by atoms with Crippen LogP contribution in [0.3, 0.4) is 0 Å². The standard InChI is InChI=1S/C40H54ClN7O4S/c1-9-28(2)18-22-45(37(49)51-39(3,4)5)20-13-21-46(38(50)52-40(6,7)8)26-29-16-17-30(24-29)47-27-33(32-25-42-36(41)43-35(32)47)34-19-23-48(44-34)53-31-14-11-10-12-15-31/h9-12,14-15,19,23,25,27,29-30H,13,16-18,20-22,24,26H2,1-8H3/b28-9+/t29-,30+/m1/s1. The highest BCUT2D eigenvalue weighted by Gasteiger charge is 2.32. The molecule has 2 amide bonds. The Morgan fingerprint density at radius 2 is 1.66 bits per heavy atom. The van der Waals surface area contributed by atoms with Gasteiger partial charge in [-0.1, -0.05) is 29.8 Å². The predicted molar refractivity (Wildman–Crippen MR) is 212 cm³/mol. The molecule has 1 aromatic carbocycles. The van der Waals surface area contributed by atoms with E-state index in [1.165, 1.54) is 5.57 Å². The topological polar surface area (TPSA) is 108 Å². The summed E-state index contributed by atoms with van der Waals surface area (Å²) in [7, 11) is 0. The third-order valence-electron chi connectivity index (χ3n) is 9.14. The molecule has 0 spiro atoms. The van der Waals surface area contributed by atoms with E-state index in [2.05, 4.69) is 45.9 Å². The predicted octanol–water partition coefficient (Wildman–Crippen LogP) is 10.1. The molecular formula is C40H54ClN7O4S. The lowest BCUT2D eigenvalue weighted by Gasteiger charge is -2.31. The van der Waals surface area contributed by atoms with Crippen molar-refractivity contribution in [1.29, 1.82) is 0 Å². The highest BCUT2D eigenvalue weighted by atomic mass is 35.5. The molecule has 0 unspecified atom stereocenters. The van der Waals surface area contributed by atoms with E-state index in [1.807, 2.05) is 87.9 Å². The summed E-state index contributed by atoms with van der Waals surface area (Å²) in [5, 5.41) is 5.96. The van der Waals surface area contributed by atoms with Crippen LogP contribution in [0.4, 0.5) is 9.59 Å². The third-order valence-corrected chi connectivity index (χ3v) is 10.2. The molecule has 3 heterocycles. The number of halogens is 1. The number of amides is 2. The molecule has 0 N–H and O–H groups in total. The number of nitrogens with zero attached hydrogens (tertiary/aromatic N) is 7. The second-order valence-corrected chi connectivity index (χ2v) is 17.2. The highest BCUT2D eigenvalue weighted by Crippen LogP contribution is 2.40.